The highest BCUT2D eigenvalue weighted by Crippen LogP contribution is 2.53. The Bertz CT molecular complexity index is 3040. The number of furan rings is 1. The highest BCUT2D eigenvalue weighted by molar-refractivity contribution is 6.07. The molecule has 264 valence electrons. The number of hydrogen-bond donors (Lipinski definition) is 0. The first kappa shape index (κ1) is 32.3. The maximum Gasteiger partial charge on any atom is 0.135 e. The third-order valence-corrected chi connectivity index (χ3v) is 12.0. The summed E-state index contributed by atoms with van der Waals surface area (Å²) in [7, 11) is 0. The summed E-state index contributed by atoms with van der Waals surface area (Å²) in [6, 6.07) is 74.7. The average Bonchev–Trinajstić information content (AvgIpc) is 3.77. The highest BCUT2D eigenvalue weighted by atomic mass is 16.3. The first-order valence-corrected chi connectivity index (χ1v) is 19.3. The number of hydrogen-bond acceptors (Lipinski definition) is 2. The van der Waals surface area contributed by atoms with Gasteiger partial charge in [-0.05, 0) is 128 Å². The van der Waals surface area contributed by atoms with Gasteiger partial charge in [0.2, 0.25) is 0 Å². The summed E-state index contributed by atoms with van der Waals surface area (Å²) in [6.45, 7) is 2.37. The van der Waals surface area contributed by atoms with E-state index in [4.69, 9.17) is 4.42 Å². The fraction of sp³-hybridized carbons (Fsp3) is 0.0370. The SMILES string of the molecule is CC1(c2ccc3oc4ccc(N(c5ccc(-c6ccccc6)cc5)c5ccc(-c6ccc7ccccc7c6)cc5)cc4c3c2)c2ccccc2-c2ccccc21. The Kier molecular flexibility index (Phi) is 7.33. The molecule has 1 aliphatic carbocycles. The Morgan fingerprint density at radius 2 is 0.875 bits per heavy atom. The maximum absolute atomic E-state index is 6.53. The average molecular weight is 716 g/mol. The van der Waals surface area contributed by atoms with Crippen molar-refractivity contribution in [3.05, 3.63) is 223 Å². The molecule has 10 aromatic rings. The molecule has 2 heteroatoms. The molecule has 0 radical (unpaired) electrons. The van der Waals surface area contributed by atoms with E-state index in [9.17, 15) is 0 Å². The molecular formula is C54H37NO. The van der Waals surface area contributed by atoms with Crippen LogP contribution in [0.25, 0.3) is 66.1 Å². The van der Waals surface area contributed by atoms with Crippen LogP contribution in [0.4, 0.5) is 17.1 Å². The number of benzene rings is 9. The molecule has 0 unspecified atom stereocenters. The molecule has 0 saturated carbocycles. The molecule has 9 aromatic carbocycles. The van der Waals surface area contributed by atoms with Crippen LogP contribution in [-0.2, 0) is 5.41 Å². The summed E-state index contributed by atoms with van der Waals surface area (Å²) in [4.78, 5) is 2.35. The molecule has 0 amide bonds. The van der Waals surface area contributed by atoms with Gasteiger partial charge in [-0.25, -0.2) is 0 Å². The summed E-state index contributed by atoms with van der Waals surface area (Å²) in [6.07, 6.45) is 0. The molecule has 0 N–H and O–H groups in total. The van der Waals surface area contributed by atoms with E-state index in [-0.39, 0.29) is 5.41 Å². The Morgan fingerprint density at radius 3 is 1.55 bits per heavy atom. The lowest BCUT2D eigenvalue weighted by atomic mass is 9.74. The quantitative estimate of drug-likeness (QED) is 0.170. The van der Waals surface area contributed by atoms with Gasteiger partial charge in [-0.1, -0.05) is 146 Å². The van der Waals surface area contributed by atoms with E-state index >= 15 is 0 Å². The van der Waals surface area contributed by atoms with E-state index in [1.54, 1.807) is 0 Å². The van der Waals surface area contributed by atoms with E-state index < -0.39 is 0 Å². The fourth-order valence-corrected chi connectivity index (χ4v) is 9.03. The lowest BCUT2D eigenvalue weighted by Gasteiger charge is -2.28. The standard InChI is InChI=1S/C54H37NO/c1-54(50-17-9-7-15-46(50)47-16-8-10-18-51(47)54)42-25-31-52-48(34-42)49-35-45(30-32-53(49)56-52)55(43-26-21-38(22-27-43)36-11-3-2-4-12-36)44-28-23-39(24-29-44)41-20-19-37-13-5-6-14-40(37)33-41/h2-35H,1H3. The number of anilines is 3. The van der Waals surface area contributed by atoms with Gasteiger partial charge < -0.3 is 9.32 Å². The van der Waals surface area contributed by atoms with Crippen LogP contribution in [0.5, 0.6) is 0 Å². The summed E-state index contributed by atoms with van der Waals surface area (Å²) in [5.41, 5.74) is 16.1. The molecule has 0 aliphatic heterocycles. The normalized spacial score (nSPS) is 12.9. The van der Waals surface area contributed by atoms with Crippen LogP contribution in [0, 0.1) is 0 Å². The number of fused-ring (bicyclic) bond motifs is 7. The molecule has 0 spiro atoms. The van der Waals surface area contributed by atoms with E-state index in [0.717, 1.165) is 39.0 Å². The Morgan fingerprint density at radius 1 is 0.375 bits per heavy atom. The van der Waals surface area contributed by atoms with Gasteiger partial charge in [-0.15, -0.1) is 0 Å². The fourth-order valence-electron chi connectivity index (χ4n) is 9.03. The van der Waals surface area contributed by atoms with E-state index in [1.165, 1.54) is 60.8 Å². The third-order valence-electron chi connectivity index (χ3n) is 12.0. The van der Waals surface area contributed by atoms with Gasteiger partial charge in [0.05, 0.1) is 0 Å². The van der Waals surface area contributed by atoms with Crippen molar-refractivity contribution in [1.29, 1.82) is 0 Å². The monoisotopic (exact) mass is 715 g/mol. The van der Waals surface area contributed by atoms with Crippen molar-refractivity contribution in [2.75, 3.05) is 4.90 Å². The first-order chi connectivity index (χ1) is 27.6. The van der Waals surface area contributed by atoms with Gasteiger partial charge in [0.1, 0.15) is 11.2 Å². The first-order valence-electron chi connectivity index (χ1n) is 19.3. The second-order valence-corrected chi connectivity index (χ2v) is 15.1. The van der Waals surface area contributed by atoms with Crippen molar-refractivity contribution in [2.45, 2.75) is 12.3 Å². The second-order valence-electron chi connectivity index (χ2n) is 15.1. The van der Waals surface area contributed by atoms with E-state index in [2.05, 4.69) is 218 Å². The predicted octanol–water partition coefficient (Wildman–Crippen LogP) is 14.9. The van der Waals surface area contributed by atoms with Crippen molar-refractivity contribution in [2.24, 2.45) is 0 Å². The summed E-state index contributed by atoms with van der Waals surface area (Å²) < 4.78 is 6.53. The van der Waals surface area contributed by atoms with Crippen molar-refractivity contribution in [3.63, 3.8) is 0 Å². The highest BCUT2D eigenvalue weighted by Gasteiger charge is 2.40. The molecule has 0 saturated heterocycles. The lowest BCUT2D eigenvalue weighted by Crippen LogP contribution is -2.22. The second kappa shape index (κ2) is 12.7. The van der Waals surface area contributed by atoms with E-state index in [1.807, 2.05) is 0 Å². The van der Waals surface area contributed by atoms with Gasteiger partial charge in [-0.2, -0.15) is 0 Å². The molecule has 1 aliphatic rings. The van der Waals surface area contributed by atoms with Gasteiger partial charge >= 0.3 is 0 Å². The lowest BCUT2D eigenvalue weighted by molar-refractivity contribution is 0.667. The number of rotatable bonds is 6. The van der Waals surface area contributed by atoms with Crippen LogP contribution < -0.4 is 4.90 Å². The van der Waals surface area contributed by atoms with Crippen LogP contribution in [0.15, 0.2) is 211 Å². The minimum atomic E-state index is -0.290. The van der Waals surface area contributed by atoms with Crippen molar-refractivity contribution >= 4 is 49.8 Å². The Balaban J connectivity index is 1.04. The summed E-state index contributed by atoms with van der Waals surface area (Å²) in [5.74, 6) is 0. The van der Waals surface area contributed by atoms with Crippen LogP contribution >= 0.6 is 0 Å². The minimum Gasteiger partial charge on any atom is -0.456 e. The van der Waals surface area contributed by atoms with Gasteiger partial charge in [0, 0.05) is 33.2 Å². The van der Waals surface area contributed by atoms with Crippen LogP contribution in [-0.4, -0.2) is 0 Å². The van der Waals surface area contributed by atoms with Gasteiger partial charge in [0.15, 0.2) is 0 Å². The van der Waals surface area contributed by atoms with E-state index in [0.29, 0.717) is 0 Å². The smallest absolute Gasteiger partial charge is 0.135 e. The molecule has 0 fully saturated rings. The topological polar surface area (TPSA) is 16.4 Å². The van der Waals surface area contributed by atoms with Crippen LogP contribution in [0.2, 0.25) is 0 Å². The third kappa shape index (κ3) is 5.11. The van der Waals surface area contributed by atoms with Crippen LogP contribution in [0.1, 0.15) is 23.6 Å². The summed E-state index contributed by atoms with van der Waals surface area (Å²) >= 11 is 0. The van der Waals surface area contributed by atoms with Gasteiger partial charge in [-0.3, -0.25) is 0 Å². The molecule has 56 heavy (non-hydrogen) atoms. The molecule has 1 heterocycles. The molecular weight excluding hydrogens is 679 g/mol. The molecule has 1 aromatic heterocycles. The largest absolute Gasteiger partial charge is 0.456 e. The molecule has 0 bridgehead atoms. The van der Waals surface area contributed by atoms with Crippen molar-refractivity contribution in [1.82, 2.24) is 0 Å². The zero-order valence-corrected chi connectivity index (χ0v) is 31.0. The molecule has 2 nitrogen and oxygen atoms in total. The maximum atomic E-state index is 6.53. The predicted molar refractivity (Wildman–Crippen MR) is 234 cm³/mol. The minimum absolute atomic E-state index is 0.290. The number of nitrogens with zero attached hydrogens (tertiary/aromatic N) is 1. The summed E-state index contributed by atoms with van der Waals surface area (Å²) in [5, 5.41) is 4.71. The van der Waals surface area contributed by atoms with Gasteiger partial charge in [0.25, 0.3) is 0 Å². The van der Waals surface area contributed by atoms with Crippen molar-refractivity contribution < 1.29 is 4.42 Å². The molecule has 0 atom stereocenters. The zero-order valence-electron chi connectivity index (χ0n) is 31.0. The van der Waals surface area contributed by atoms with Crippen LogP contribution in [0.3, 0.4) is 0 Å². The molecule has 11 rings (SSSR count). The Hall–Kier alpha value is -7.16. The Labute approximate surface area is 326 Å². The zero-order chi connectivity index (χ0) is 37.2. The van der Waals surface area contributed by atoms with Crippen molar-refractivity contribution in [3.8, 4) is 33.4 Å².